The Hall–Kier alpha value is -2.35. The molecule has 2 aromatic rings. The number of fused-ring (bicyclic) bond motifs is 1. The molecular formula is C16H20N4O3S. The predicted molar refractivity (Wildman–Crippen MR) is 91.5 cm³/mol. The number of amides is 2. The number of carbonyl (C=O) groups is 1. The van der Waals surface area contributed by atoms with Crippen LogP contribution in [0.25, 0.3) is 0 Å². The van der Waals surface area contributed by atoms with E-state index in [-0.39, 0.29) is 24.2 Å². The van der Waals surface area contributed by atoms with E-state index < -0.39 is 0 Å². The lowest BCUT2D eigenvalue weighted by Crippen LogP contribution is -2.37. The molecule has 1 unspecified atom stereocenters. The van der Waals surface area contributed by atoms with Crippen molar-refractivity contribution in [3.8, 4) is 5.88 Å². The zero-order chi connectivity index (χ0) is 17.1. The Morgan fingerprint density at radius 1 is 1.46 bits per heavy atom. The average Bonchev–Trinajstić information content (AvgIpc) is 3.21. The van der Waals surface area contributed by atoms with Gasteiger partial charge in [0.05, 0.1) is 18.0 Å². The summed E-state index contributed by atoms with van der Waals surface area (Å²) in [6, 6.07) is 3.18. The summed E-state index contributed by atoms with van der Waals surface area (Å²) in [5.74, 6) is 0.536. The molecule has 0 saturated carbocycles. The first-order valence-corrected chi connectivity index (χ1v) is 8.63. The molecule has 24 heavy (non-hydrogen) atoms. The van der Waals surface area contributed by atoms with Gasteiger partial charge in [0, 0.05) is 23.9 Å². The van der Waals surface area contributed by atoms with Gasteiger partial charge in [-0.05, 0) is 49.3 Å². The Balaban J connectivity index is 1.57. The fraction of sp³-hybridized carbons (Fsp3) is 0.438. The number of nitrogens with zero attached hydrogens (tertiary/aromatic N) is 1. The molecule has 3 rings (SSSR count). The molecule has 8 heteroatoms. The number of aromatic amines is 1. The SMILES string of the molecule is COc1cc(C(C)NC(=O)NCc2cc3c([nH]c2=O)CCC3)sn1. The summed E-state index contributed by atoms with van der Waals surface area (Å²) < 4.78 is 9.14. The van der Waals surface area contributed by atoms with Crippen molar-refractivity contribution in [2.75, 3.05) is 7.11 Å². The Kier molecular flexibility index (Phi) is 4.84. The third-order valence-corrected chi connectivity index (χ3v) is 5.05. The van der Waals surface area contributed by atoms with E-state index in [1.807, 2.05) is 13.0 Å². The molecule has 0 saturated heterocycles. The van der Waals surface area contributed by atoms with E-state index in [1.165, 1.54) is 17.1 Å². The molecule has 0 radical (unpaired) electrons. The van der Waals surface area contributed by atoms with Gasteiger partial charge in [0.2, 0.25) is 5.88 Å². The normalized spacial score (nSPS) is 14.1. The summed E-state index contributed by atoms with van der Waals surface area (Å²) in [5, 5.41) is 5.56. The number of hydrogen-bond donors (Lipinski definition) is 3. The van der Waals surface area contributed by atoms with Crippen LogP contribution in [0.2, 0.25) is 0 Å². The third kappa shape index (κ3) is 3.59. The van der Waals surface area contributed by atoms with Crippen molar-refractivity contribution >= 4 is 17.6 Å². The van der Waals surface area contributed by atoms with Crippen molar-refractivity contribution in [3.63, 3.8) is 0 Å². The topological polar surface area (TPSA) is 96.1 Å². The van der Waals surface area contributed by atoms with Crippen molar-refractivity contribution in [1.82, 2.24) is 20.0 Å². The van der Waals surface area contributed by atoms with E-state index in [0.29, 0.717) is 11.4 Å². The fourth-order valence-corrected chi connectivity index (χ4v) is 3.45. The summed E-state index contributed by atoms with van der Waals surface area (Å²) in [4.78, 5) is 27.9. The number of rotatable bonds is 5. The molecule has 1 aliphatic carbocycles. The van der Waals surface area contributed by atoms with Gasteiger partial charge in [0.1, 0.15) is 0 Å². The highest BCUT2D eigenvalue weighted by molar-refractivity contribution is 7.06. The minimum absolute atomic E-state index is 0.129. The average molecular weight is 348 g/mol. The fourth-order valence-electron chi connectivity index (χ4n) is 2.76. The lowest BCUT2D eigenvalue weighted by Gasteiger charge is -2.13. The van der Waals surface area contributed by atoms with Gasteiger partial charge in [0.25, 0.3) is 5.56 Å². The number of urea groups is 1. The first kappa shape index (κ1) is 16.5. The number of hydrogen-bond acceptors (Lipinski definition) is 5. The summed E-state index contributed by atoms with van der Waals surface area (Å²) >= 11 is 1.28. The largest absolute Gasteiger partial charge is 0.480 e. The minimum Gasteiger partial charge on any atom is -0.480 e. The maximum Gasteiger partial charge on any atom is 0.315 e. The van der Waals surface area contributed by atoms with Crippen LogP contribution in [0, 0.1) is 0 Å². The molecular weight excluding hydrogens is 328 g/mol. The second-order valence-corrected chi connectivity index (χ2v) is 6.64. The van der Waals surface area contributed by atoms with Gasteiger partial charge in [-0.1, -0.05) is 0 Å². The maximum absolute atomic E-state index is 12.0. The highest BCUT2D eigenvalue weighted by Crippen LogP contribution is 2.22. The van der Waals surface area contributed by atoms with Crippen LogP contribution in [0.4, 0.5) is 4.79 Å². The van der Waals surface area contributed by atoms with Crippen LogP contribution >= 0.6 is 11.5 Å². The number of aromatic nitrogens is 2. The van der Waals surface area contributed by atoms with Crippen LogP contribution in [-0.4, -0.2) is 22.5 Å². The molecule has 0 aromatic carbocycles. The van der Waals surface area contributed by atoms with Crippen molar-refractivity contribution in [2.45, 2.75) is 38.8 Å². The summed E-state index contributed by atoms with van der Waals surface area (Å²) in [6.07, 6.45) is 2.97. The van der Waals surface area contributed by atoms with E-state index in [4.69, 9.17) is 4.74 Å². The summed E-state index contributed by atoms with van der Waals surface area (Å²) in [7, 11) is 1.55. The van der Waals surface area contributed by atoms with Crippen LogP contribution < -0.4 is 20.9 Å². The molecule has 0 fully saturated rings. The maximum atomic E-state index is 12.0. The first-order valence-electron chi connectivity index (χ1n) is 7.85. The molecule has 0 aliphatic heterocycles. The van der Waals surface area contributed by atoms with Gasteiger partial charge >= 0.3 is 6.03 Å². The molecule has 128 valence electrons. The number of pyridine rings is 1. The number of H-pyrrole nitrogens is 1. The molecule has 0 spiro atoms. The molecule has 1 atom stereocenters. The van der Waals surface area contributed by atoms with Gasteiger partial charge in [-0.3, -0.25) is 4.79 Å². The Bertz CT molecular complexity index is 799. The zero-order valence-electron chi connectivity index (χ0n) is 13.6. The lowest BCUT2D eigenvalue weighted by molar-refractivity contribution is 0.237. The third-order valence-electron chi connectivity index (χ3n) is 4.09. The predicted octanol–water partition coefficient (Wildman–Crippen LogP) is 1.89. The number of carbonyl (C=O) groups excluding carboxylic acids is 1. The molecule has 7 nitrogen and oxygen atoms in total. The first-order chi connectivity index (χ1) is 11.6. The highest BCUT2D eigenvalue weighted by atomic mass is 32.1. The standard InChI is InChI=1S/C16H20N4O3S/c1-9(13-7-14(23-2)20-24-13)18-16(22)17-8-11-6-10-4-3-5-12(10)19-15(11)21/h6-7,9H,3-5,8H2,1-2H3,(H,19,21)(H2,17,18,22). The van der Waals surface area contributed by atoms with Crippen LogP contribution in [0.1, 0.15) is 41.1 Å². The van der Waals surface area contributed by atoms with E-state index in [0.717, 1.165) is 29.8 Å². The van der Waals surface area contributed by atoms with Gasteiger partial charge in [-0.15, -0.1) is 0 Å². The summed E-state index contributed by atoms with van der Waals surface area (Å²) in [5.41, 5.74) is 2.66. The van der Waals surface area contributed by atoms with E-state index in [2.05, 4.69) is 20.0 Å². The quantitative estimate of drug-likeness (QED) is 0.769. The van der Waals surface area contributed by atoms with Crippen molar-refractivity contribution in [3.05, 3.63) is 44.2 Å². The number of methoxy groups -OCH3 is 1. The molecule has 2 aromatic heterocycles. The van der Waals surface area contributed by atoms with E-state index in [1.54, 1.807) is 13.2 Å². The molecule has 0 bridgehead atoms. The smallest absolute Gasteiger partial charge is 0.315 e. The highest BCUT2D eigenvalue weighted by Gasteiger charge is 2.16. The zero-order valence-corrected chi connectivity index (χ0v) is 14.5. The van der Waals surface area contributed by atoms with Crippen LogP contribution in [0.3, 0.4) is 0 Å². The Morgan fingerprint density at radius 2 is 2.29 bits per heavy atom. The van der Waals surface area contributed by atoms with Crippen LogP contribution in [0.15, 0.2) is 16.9 Å². The number of aryl methyl sites for hydroxylation is 2. The minimum atomic E-state index is -0.324. The second-order valence-electron chi connectivity index (χ2n) is 5.80. The van der Waals surface area contributed by atoms with Crippen LogP contribution in [0.5, 0.6) is 5.88 Å². The van der Waals surface area contributed by atoms with Gasteiger partial charge in [-0.2, -0.15) is 4.37 Å². The van der Waals surface area contributed by atoms with Gasteiger partial charge in [0.15, 0.2) is 0 Å². The van der Waals surface area contributed by atoms with Crippen molar-refractivity contribution in [2.24, 2.45) is 0 Å². The molecule has 3 N–H and O–H groups in total. The lowest BCUT2D eigenvalue weighted by atomic mass is 10.1. The molecule has 2 amide bonds. The second kappa shape index (κ2) is 7.04. The molecule has 1 aliphatic rings. The molecule has 2 heterocycles. The van der Waals surface area contributed by atoms with E-state index >= 15 is 0 Å². The van der Waals surface area contributed by atoms with E-state index in [9.17, 15) is 9.59 Å². The number of ether oxygens (including phenoxy) is 1. The van der Waals surface area contributed by atoms with Crippen molar-refractivity contribution in [1.29, 1.82) is 0 Å². The van der Waals surface area contributed by atoms with Gasteiger partial charge in [-0.25, -0.2) is 4.79 Å². The monoisotopic (exact) mass is 348 g/mol. The Labute approximate surface area is 143 Å². The van der Waals surface area contributed by atoms with Gasteiger partial charge < -0.3 is 20.4 Å². The summed E-state index contributed by atoms with van der Waals surface area (Å²) in [6.45, 7) is 2.07. The Morgan fingerprint density at radius 3 is 3.04 bits per heavy atom. The number of nitrogens with one attached hydrogen (secondary N) is 3. The van der Waals surface area contributed by atoms with Crippen molar-refractivity contribution < 1.29 is 9.53 Å². The van der Waals surface area contributed by atoms with Crippen LogP contribution in [-0.2, 0) is 19.4 Å².